The van der Waals surface area contributed by atoms with E-state index in [9.17, 15) is 18.0 Å². The van der Waals surface area contributed by atoms with E-state index < -0.39 is 28.5 Å². The van der Waals surface area contributed by atoms with Gasteiger partial charge in [0, 0.05) is 13.1 Å². The van der Waals surface area contributed by atoms with Crippen LogP contribution in [-0.4, -0.2) is 50.5 Å². The Labute approximate surface area is 212 Å². The second-order valence-electron chi connectivity index (χ2n) is 8.17. The maximum atomic E-state index is 13.5. The molecule has 2 amide bonds. The molecule has 0 radical (unpaired) electrons. The Hall–Kier alpha value is -2.29. The second-order valence-corrected chi connectivity index (χ2v) is 10.9. The van der Waals surface area contributed by atoms with Crippen molar-refractivity contribution in [3.63, 3.8) is 0 Å². The lowest BCUT2D eigenvalue weighted by Crippen LogP contribution is -2.51. The maximum absolute atomic E-state index is 13.5. The first kappa shape index (κ1) is 28.0. The number of unbranched alkanes of at least 4 members (excludes halogenated alkanes) is 1. The Morgan fingerprint density at radius 3 is 2.32 bits per heavy atom. The highest BCUT2D eigenvalue weighted by atomic mass is 35.5. The largest absolute Gasteiger partial charge is 0.354 e. The fourth-order valence-corrected chi connectivity index (χ4v) is 4.59. The van der Waals surface area contributed by atoms with Gasteiger partial charge in [-0.2, -0.15) is 0 Å². The van der Waals surface area contributed by atoms with Crippen LogP contribution in [0.4, 0.5) is 5.69 Å². The standard InChI is InChI=1S/C24H31Cl2N3O4S/c1-5-6-14-27-24(31)18(3)28(15-19-12-10-17(2)11-13-19)22(30)16-29(34(4,32)33)21-9-7-8-20(25)23(21)26/h7-13,18H,5-6,14-16H2,1-4H3,(H,27,31). The molecule has 0 heterocycles. The molecule has 2 aromatic rings. The Morgan fingerprint density at radius 2 is 1.74 bits per heavy atom. The van der Waals surface area contributed by atoms with E-state index in [2.05, 4.69) is 5.32 Å². The van der Waals surface area contributed by atoms with Gasteiger partial charge in [0.1, 0.15) is 12.6 Å². The normalized spacial score (nSPS) is 12.2. The summed E-state index contributed by atoms with van der Waals surface area (Å²) in [6.45, 7) is 5.71. The molecule has 1 unspecified atom stereocenters. The summed E-state index contributed by atoms with van der Waals surface area (Å²) in [5.41, 5.74) is 1.98. The number of hydrogen-bond acceptors (Lipinski definition) is 4. The molecule has 0 spiro atoms. The molecular formula is C24H31Cl2N3O4S. The zero-order valence-electron chi connectivity index (χ0n) is 19.8. The van der Waals surface area contributed by atoms with Crippen molar-refractivity contribution in [3.05, 3.63) is 63.6 Å². The molecule has 2 aromatic carbocycles. The number of nitrogens with one attached hydrogen (secondary N) is 1. The number of hydrogen-bond donors (Lipinski definition) is 1. The van der Waals surface area contributed by atoms with Crippen LogP contribution in [0.15, 0.2) is 42.5 Å². The van der Waals surface area contributed by atoms with E-state index in [1.165, 1.54) is 17.0 Å². The van der Waals surface area contributed by atoms with Crippen molar-refractivity contribution in [2.75, 3.05) is 23.7 Å². The first-order valence-electron chi connectivity index (χ1n) is 11.0. The van der Waals surface area contributed by atoms with Crippen molar-refractivity contribution in [1.29, 1.82) is 0 Å². The SMILES string of the molecule is CCCCNC(=O)C(C)N(Cc1ccc(C)cc1)C(=O)CN(c1cccc(Cl)c1Cl)S(C)(=O)=O. The van der Waals surface area contributed by atoms with Crippen LogP contribution >= 0.6 is 23.2 Å². The third-order valence-electron chi connectivity index (χ3n) is 5.35. The van der Waals surface area contributed by atoms with Gasteiger partial charge in [-0.15, -0.1) is 0 Å². The molecule has 34 heavy (non-hydrogen) atoms. The van der Waals surface area contributed by atoms with Crippen LogP contribution in [0.1, 0.15) is 37.8 Å². The summed E-state index contributed by atoms with van der Waals surface area (Å²) in [5, 5.41) is 3.04. The van der Waals surface area contributed by atoms with E-state index in [0.29, 0.717) is 6.54 Å². The number of sulfonamides is 1. The number of anilines is 1. The van der Waals surface area contributed by atoms with Crippen LogP contribution in [0.25, 0.3) is 0 Å². The molecule has 0 saturated heterocycles. The van der Waals surface area contributed by atoms with Gasteiger partial charge in [0.2, 0.25) is 21.8 Å². The number of carbonyl (C=O) groups excluding carboxylic acids is 2. The summed E-state index contributed by atoms with van der Waals surface area (Å²) in [6.07, 6.45) is 2.73. The van der Waals surface area contributed by atoms with Crippen LogP contribution in [-0.2, 0) is 26.2 Å². The van der Waals surface area contributed by atoms with Crippen molar-refractivity contribution >= 4 is 50.7 Å². The second kappa shape index (κ2) is 12.4. The van der Waals surface area contributed by atoms with Gasteiger partial charge < -0.3 is 10.2 Å². The molecule has 0 bridgehead atoms. The number of amides is 2. The predicted molar refractivity (Wildman–Crippen MR) is 138 cm³/mol. The van der Waals surface area contributed by atoms with E-state index in [0.717, 1.165) is 34.5 Å². The number of halogens is 2. The minimum atomic E-state index is -3.89. The van der Waals surface area contributed by atoms with E-state index in [1.54, 1.807) is 13.0 Å². The number of carbonyl (C=O) groups is 2. The van der Waals surface area contributed by atoms with Gasteiger partial charge in [0.25, 0.3) is 0 Å². The molecule has 0 aliphatic carbocycles. The van der Waals surface area contributed by atoms with Crippen molar-refractivity contribution in [2.24, 2.45) is 0 Å². The van der Waals surface area contributed by atoms with Gasteiger partial charge in [-0.25, -0.2) is 8.42 Å². The van der Waals surface area contributed by atoms with Gasteiger partial charge in [0.15, 0.2) is 0 Å². The molecule has 0 saturated carbocycles. The highest BCUT2D eigenvalue weighted by molar-refractivity contribution is 7.92. The average molecular weight is 529 g/mol. The molecule has 186 valence electrons. The van der Waals surface area contributed by atoms with E-state index in [-0.39, 0.29) is 28.2 Å². The van der Waals surface area contributed by atoms with Gasteiger partial charge in [-0.1, -0.05) is 72.4 Å². The van der Waals surface area contributed by atoms with Crippen LogP contribution in [0.5, 0.6) is 0 Å². The lowest BCUT2D eigenvalue weighted by atomic mass is 10.1. The van der Waals surface area contributed by atoms with Crippen molar-refractivity contribution in [3.8, 4) is 0 Å². The van der Waals surface area contributed by atoms with Crippen LogP contribution in [0, 0.1) is 6.92 Å². The highest BCUT2D eigenvalue weighted by Gasteiger charge is 2.31. The Kier molecular flexibility index (Phi) is 10.2. The quantitative estimate of drug-likeness (QED) is 0.438. The lowest BCUT2D eigenvalue weighted by molar-refractivity contribution is -0.139. The molecule has 0 aromatic heterocycles. The Balaban J connectivity index is 2.38. The number of rotatable bonds is 11. The molecule has 1 atom stereocenters. The van der Waals surface area contributed by atoms with E-state index >= 15 is 0 Å². The van der Waals surface area contributed by atoms with Crippen LogP contribution in [0.3, 0.4) is 0 Å². The van der Waals surface area contributed by atoms with Crippen molar-refractivity contribution in [2.45, 2.75) is 46.2 Å². The Morgan fingerprint density at radius 1 is 1.09 bits per heavy atom. The van der Waals surface area contributed by atoms with Gasteiger partial charge in [0.05, 0.1) is 22.0 Å². The molecule has 0 aliphatic heterocycles. The maximum Gasteiger partial charge on any atom is 0.244 e. The fourth-order valence-electron chi connectivity index (χ4n) is 3.29. The highest BCUT2D eigenvalue weighted by Crippen LogP contribution is 2.33. The summed E-state index contributed by atoms with van der Waals surface area (Å²) in [5.74, 6) is -0.846. The summed E-state index contributed by atoms with van der Waals surface area (Å²) in [7, 11) is -3.89. The minimum Gasteiger partial charge on any atom is -0.354 e. The zero-order valence-corrected chi connectivity index (χ0v) is 22.2. The predicted octanol–water partition coefficient (Wildman–Crippen LogP) is 4.40. The Bertz CT molecular complexity index is 1110. The monoisotopic (exact) mass is 527 g/mol. The molecular weight excluding hydrogens is 497 g/mol. The fraction of sp³-hybridized carbons (Fsp3) is 0.417. The van der Waals surface area contributed by atoms with Gasteiger partial charge >= 0.3 is 0 Å². The molecule has 10 heteroatoms. The number of aryl methyl sites for hydroxylation is 1. The van der Waals surface area contributed by atoms with Crippen molar-refractivity contribution in [1.82, 2.24) is 10.2 Å². The van der Waals surface area contributed by atoms with Crippen molar-refractivity contribution < 1.29 is 18.0 Å². The topological polar surface area (TPSA) is 86.8 Å². The number of nitrogens with zero attached hydrogens (tertiary/aromatic N) is 2. The minimum absolute atomic E-state index is 0.0258. The third kappa shape index (κ3) is 7.61. The smallest absolute Gasteiger partial charge is 0.244 e. The summed E-state index contributed by atoms with van der Waals surface area (Å²) >= 11 is 12.3. The summed E-state index contributed by atoms with van der Waals surface area (Å²) in [6, 6.07) is 11.3. The van der Waals surface area contributed by atoms with Gasteiger partial charge in [-0.05, 0) is 38.0 Å². The number of benzene rings is 2. The molecule has 0 fully saturated rings. The lowest BCUT2D eigenvalue weighted by Gasteiger charge is -2.31. The van der Waals surface area contributed by atoms with Crippen LogP contribution < -0.4 is 9.62 Å². The first-order valence-corrected chi connectivity index (χ1v) is 13.6. The zero-order chi connectivity index (χ0) is 25.5. The first-order chi connectivity index (χ1) is 16.0. The molecule has 1 N–H and O–H groups in total. The van der Waals surface area contributed by atoms with E-state index in [4.69, 9.17) is 23.2 Å². The summed E-state index contributed by atoms with van der Waals surface area (Å²) < 4.78 is 26.1. The molecule has 0 aliphatic rings. The van der Waals surface area contributed by atoms with E-state index in [1.807, 2.05) is 38.1 Å². The summed E-state index contributed by atoms with van der Waals surface area (Å²) in [4.78, 5) is 27.6. The van der Waals surface area contributed by atoms with Crippen LogP contribution in [0.2, 0.25) is 10.0 Å². The molecule has 7 nitrogen and oxygen atoms in total. The average Bonchev–Trinajstić information content (AvgIpc) is 2.78. The third-order valence-corrected chi connectivity index (χ3v) is 7.28. The molecule has 2 rings (SSSR count). The van der Waals surface area contributed by atoms with Gasteiger partial charge in [-0.3, -0.25) is 13.9 Å².